The molecule has 3 N–H and O–H groups in total. The summed E-state index contributed by atoms with van der Waals surface area (Å²) in [6, 6.07) is 0. The van der Waals surface area contributed by atoms with E-state index in [1.165, 1.54) is 180 Å². The fourth-order valence-electron chi connectivity index (χ4n) is 10.6. The van der Waals surface area contributed by atoms with Crippen molar-refractivity contribution in [2.24, 2.45) is 5.92 Å². The van der Waals surface area contributed by atoms with Crippen molar-refractivity contribution in [3.63, 3.8) is 0 Å². The number of carbonyl (C=O) groups excluding carboxylic acids is 4. The summed E-state index contributed by atoms with van der Waals surface area (Å²) >= 11 is 0. The number of unbranched alkanes of at least 4 members (excludes halogenated alkanes) is 41. The van der Waals surface area contributed by atoms with Gasteiger partial charge in [0.2, 0.25) is 0 Å². The van der Waals surface area contributed by atoms with Gasteiger partial charge in [-0.3, -0.25) is 37.3 Å². The summed E-state index contributed by atoms with van der Waals surface area (Å²) in [5.41, 5.74) is 0. The maximum absolute atomic E-state index is 13.0. The Morgan fingerprint density at radius 1 is 0.315 bits per heavy atom. The first-order valence-electron chi connectivity index (χ1n) is 36.7. The number of aliphatic hydroxyl groups is 1. The first kappa shape index (κ1) is 87.1. The molecule has 0 aromatic rings. The third kappa shape index (κ3) is 63.2. The molecule has 0 aliphatic carbocycles. The molecule has 89 heavy (non-hydrogen) atoms. The highest BCUT2D eigenvalue weighted by Gasteiger charge is 2.30. The smallest absolute Gasteiger partial charge is 0.462 e. The molecule has 0 aliphatic heterocycles. The molecule has 0 aromatic heterocycles. The fourth-order valence-corrected chi connectivity index (χ4v) is 12.2. The molecule has 0 amide bonds. The molecule has 3 unspecified atom stereocenters. The Kier molecular flexibility index (Phi) is 62.1. The minimum absolute atomic E-state index is 0.106. The average molecular weight is 1310 g/mol. The number of rotatable bonds is 70. The van der Waals surface area contributed by atoms with Crippen LogP contribution in [0.25, 0.3) is 0 Å². The van der Waals surface area contributed by atoms with Gasteiger partial charge in [-0.15, -0.1) is 0 Å². The largest absolute Gasteiger partial charge is 0.472 e. The summed E-state index contributed by atoms with van der Waals surface area (Å²) in [5, 5.41) is 10.6. The van der Waals surface area contributed by atoms with Gasteiger partial charge >= 0.3 is 39.5 Å². The lowest BCUT2D eigenvalue weighted by Crippen LogP contribution is -2.30. The normalized spacial score (nSPS) is 14.4. The third-order valence-electron chi connectivity index (χ3n) is 16.6. The van der Waals surface area contributed by atoms with Crippen molar-refractivity contribution >= 4 is 39.5 Å². The lowest BCUT2D eigenvalue weighted by Gasteiger charge is -2.21. The standard InChI is InChI=1S/C70H136O17P2/c1-6-10-13-16-18-20-22-23-24-28-32-35-39-44-49-54-68(73)81-60-66(87-70(75)56-51-46-41-37-33-29-26-25-27-31-34-38-43-47-52-63(5)9-4)62-85-89(78,79)83-58-64(71)57-82-88(76,77)84-61-65(59-80-67(72)53-48-42-15-12-8-3)86-69(74)55-50-45-40-36-30-21-19-17-14-11-7-2/h63-66,71H,6-62H2,1-5H3,(H,76,77)(H,78,79)/t63?,64-,65+,66+/m0/s1. The van der Waals surface area contributed by atoms with Crippen LogP contribution in [0.2, 0.25) is 0 Å². The fraction of sp³-hybridized carbons (Fsp3) is 0.943. The average Bonchev–Trinajstić information content (AvgIpc) is 3.59. The summed E-state index contributed by atoms with van der Waals surface area (Å²) in [4.78, 5) is 72.3. The second kappa shape index (κ2) is 63.5. The van der Waals surface area contributed by atoms with Crippen LogP contribution in [0, 0.1) is 5.92 Å². The molecule has 0 heterocycles. The van der Waals surface area contributed by atoms with Gasteiger partial charge in [0.1, 0.15) is 19.3 Å². The Hall–Kier alpha value is -1.94. The van der Waals surface area contributed by atoms with Crippen LogP contribution in [0.3, 0.4) is 0 Å². The second-order valence-corrected chi connectivity index (χ2v) is 28.4. The van der Waals surface area contributed by atoms with E-state index in [0.717, 1.165) is 102 Å². The van der Waals surface area contributed by atoms with Gasteiger partial charge in [-0.05, 0) is 31.6 Å². The first-order valence-corrected chi connectivity index (χ1v) is 39.7. The summed E-state index contributed by atoms with van der Waals surface area (Å²) < 4.78 is 68.1. The summed E-state index contributed by atoms with van der Waals surface area (Å²) in [7, 11) is -9.89. The topological polar surface area (TPSA) is 237 Å². The van der Waals surface area contributed by atoms with Crippen molar-refractivity contribution in [3.05, 3.63) is 0 Å². The van der Waals surface area contributed by atoms with E-state index in [-0.39, 0.29) is 25.7 Å². The molecule has 6 atom stereocenters. The molecule has 0 saturated carbocycles. The molecule has 0 aromatic carbocycles. The van der Waals surface area contributed by atoms with Crippen LogP contribution in [-0.4, -0.2) is 96.7 Å². The van der Waals surface area contributed by atoms with Crippen LogP contribution in [-0.2, 0) is 65.4 Å². The number of phosphoric acid groups is 2. The Morgan fingerprint density at radius 2 is 0.539 bits per heavy atom. The number of carbonyl (C=O) groups is 4. The van der Waals surface area contributed by atoms with Crippen molar-refractivity contribution in [2.45, 2.75) is 380 Å². The minimum Gasteiger partial charge on any atom is -0.462 e. The van der Waals surface area contributed by atoms with Crippen LogP contribution in [0.5, 0.6) is 0 Å². The zero-order valence-corrected chi connectivity index (χ0v) is 59.4. The van der Waals surface area contributed by atoms with Crippen molar-refractivity contribution in [2.75, 3.05) is 39.6 Å². The molecule has 0 spiro atoms. The van der Waals surface area contributed by atoms with Crippen molar-refractivity contribution in [1.82, 2.24) is 0 Å². The molecule has 528 valence electrons. The molecule has 17 nitrogen and oxygen atoms in total. The number of aliphatic hydroxyl groups excluding tert-OH is 1. The summed E-state index contributed by atoms with van der Waals surface area (Å²) in [6.45, 7) is 7.21. The van der Waals surface area contributed by atoms with Gasteiger partial charge in [0.25, 0.3) is 0 Å². The Morgan fingerprint density at radius 3 is 0.798 bits per heavy atom. The third-order valence-corrected chi connectivity index (χ3v) is 18.5. The maximum atomic E-state index is 13.0. The first-order chi connectivity index (χ1) is 43.1. The van der Waals surface area contributed by atoms with Crippen molar-refractivity contribution < 1.29 is 80.2 Å². The monoisotopic (exact) mass is 1310 g/mol. The van der Waals surface area contributed by atoms with E-state index in [1.807, 2.05) is 0 Å². The highest BCUT2D eigenvalue weighted by Crippen LogP contribution is 2.45. The molecule has 0 aliphatic rings. The number of phosphoric ester groups is 2. The zero-order valence-electron chi connectivity index (χ0n) is 57.6. The van der Waals surface area contributed by atoms with Gasteiger partial charge in [0.05, 0.1) is 26.4 Å². The van der Waals surface area contributed by atoms with Gasteiger partial charge in [-0.25, -0.2) is 9.13 Å². The Balaban J connectivity index is 5.15. The van der Waals surface area contributed by atoms with Crippen LogP contribution >= 0.6 is 15.6 Å². The lowest BCUT2D eigenvalue weighted by atomic mass is 9.99. The highest BCUT2D eigenvalue weighted by molar-refractivity contribution is 7.47. The van der Waals surface area contributed by atoms with Gasteiger partial charge < -0.3 is 33.8 Å². The van der Waals surface area contributed by atoms with E-state index in [1.54, 1.807) is 0 Å². The number of hydrogen-bond acceptors (Lipinski definition) is 15. The van der Waals surface area contributed by atoms with Crippen LogP contribution < -0.4 is 0 Å². The minimum atomic E-state index is -4.95. The van der Waals surface area contributed by atoms with Crippen molar-refractivity contribution in [3.8, 4) is 0 Å². The molecular weight excluding hydrogens is 1170 g/mol. The van der Waals surface area contributed by atoms with E-state index in [4.69, 9.17) is 37.0 Å². The number of hydrogen-bond donors (Lipinski definition) is 3. The number of esters is 4. The van der Waals surface area contributed by atoms with Crippen LogP contribution in [0.1, 0.15) is 362 Å². The predicted octanol–water partition coefficient (Wildman–Crippen LogP) is 20.1. The molecule has 19 heteroatoms. The molecule has 0 rings (SSSR count). The molecule has 0 saturated heterocycles. The van der Waals surface area contributed by atoms with Crippen LogP contribution in [0.4, 0.5) is 0 Å². The van der Waals surface area contributed by atoms with E-state index in [9.17, 15) is 43.2 Å². The summed E-state index contributed by atoms with van der Waals surface area (Å²) in [6.07, 6.45) is 50.2. The van der Waals surface area contributed by atoms with E-state index in [2.05, 4.69) is 34.6 Å². The maximum Gasteiger partial charge on any atom is 0.472 e. The molecular formula is C70H136O17P2. The van der Waals surface area contributed by atoms with Crippen molar-refractivity contribution in [1.29, 1.82) is 0 Å². The summed E-state index contributed by atoms with van der Waals surface area (Å²) in [5.74, 6) is -1.29. The van der Waals surface area contributed by atoms with Gasteiger partial charge in [0, 0.05) is 25.7 Å². The van der Waals surface area contributed by atoms with E-state index >= 15 is 0 Å². The van der Waals surface area contributed by atoms with E-state index in [0.29, 0.717) is 25.7 Å². The van der Waals surface area contributed by atoms with Gasteiger partial charge in [-0.2, -0.15) is 0 Å². The quantitative estimate of drug-likeness (QED) is 0.0222. The predicted molar refractivity (Wildman–Crippen MR) is 358 cm³/mol. The van der Waals surface area contributed by atoms with Gasteiger partial charge in [0.15, 0.2) is 12.2 Å². The van der Waals surface area contributed by atoms with Gasteiger partial charge in [-0.1, -0.05) is 311 Å². The molecule has 0 fully saturated rings. The highest BCUT2D eigenvalue weighted by atomic mass is 31.2. The molecule has 0 bridgehead atoms. The molecule has 0 radical (unpaired) electrons. The number of ether oxygens (including phenoxy) is 4. The second-order valence-electron chi connectivity index (χ2n) is 25.5. The SMILES string of the molecule is CCCCCCCCCCCCCCCCCC(=O)OC[C@H](COP(=O)(O)OC[C@@H](O)COP(=O)(O)OC[C@@H](COC(=O)CCCCCCC)OC(=O)CCCCCCCCCCCCC)OC(=O)CCCCCCCCCCCCCCCCC(C)CC. The van der Waals surface area contributed by atoms with Crippen LogP contribution in [0.15, 0.2) is 0 Å². The lowest BCUT2D eigenvalue weighted by molar-refractivity contribution is -0.161. The Labute approximate surface area is 543 Å². The zero-order chi connectivity index (χ0) is 65.6. The Bertz CT molecular complexity index is 1720. The van der Waals surface area contributed by atoms with E-state index < -0.39 is 97.5 Å².